The van der Waals surface area contributed by atoms with Crippen LogP contribution in [0.25, 0.3) is 11.3 Å². The molecule has 138 valence electrons. The van der Waals surface area contributed by atoms with Gasteiger partial charge in [-0.3, -0.25) is 0 Å². The molecule has 0 aliphatic rings. The summed E-state index contributed by atoms with van der Waals surface area (Å²) in [5.41, 5.74) is 2.55. The molecule has 0 amide bonds. The van der Waals surface area contributed by atoms with E-state index in [4.69, 9.17) is 4.74 Å². The van der Waals surface area contributed by atoms with Crippen molar-refractivity contribution in [3.8, 4) is 28.6 Å². The third-order valence-electron chi connectivity index (χ3n) is 4.55. The van der Waals surface area contributed by atoms with Gasteiger partial charge in [0.05, 0.1) is 19.1 Å². The van der Waals surface area contributed by atoms with Crippen LogP contribution in [0.3, 0.4) is 0 Å². The van der Waals surface area contributed by atoms with Gasteiger partial charge in [-0.25, -0.2) is 4.98 Å². The van der Waals surface area contributed by atoms with E-state index in [1.165, 1.54) is 0 Å². The molecule has 0 spiro atoms. The fourth-order valence-electron chi connectivity index (χ4n) is 3.27. The van der Waals surface area contributed by atoms with Crippen molar-refractivity contribution in [2.45, 2.75) is 39.3 Å². The van der Waals surface area contributed by atoms with Crippen molar-refractivity contribution in [2.24, 2.45) is 0 Å². The zero-order valence-electron chi connectivity index (χ0n) is 15.4. The Hall–Kier alpha value is -2.89. The number of hydrogen-bond donors (Lipinski definition) is 2. The predicted octanol–water partition coefficient (Wildman–Crippen LogP) is 3.99. The zero-order chi connectivity index (χ0) is 18.7. The molecule has 2 aromatic heterocycles. The Morgan fingerprint density at radius 2 is 1.85 bits per heavy atom. The van der Waals surface area contributed by atoms with Crippen LogP contribution in [0.1, 0.15) is 31.7 Å². The average molecular weight is 355 g/mol. The van der Waals surface area contributed by atoms with E-state index >= 15 is 0 Å². The highest BCUT2D eigenvalue weighted by Crippen LogP contribution is 2.44. The van der Waals surface area contributed by atoms with Gasteiger partial charge in [0.15, 0.2) is 5.75 Å². The Morgan fingerprint density at radius 3 is 2.42 bits per heavy atom. The largest absolute Gasteiger partial charge is 0.503 e. The number of methoxy groups -OCH3 is 1. The molecule has 0 bridgehead atoms. The second-order valence-electron chi connectivity index (χ2n) is 6.62. The van der Waals surface area contributed by atoms with Gasteiger partial charge in [0, 0.05) is 31.0 Å². The van der Waals surface area contributed by atoms with Crippen LogP contribution in [-0.4, -0.2) is 31.4 Å². The Balaban J connectivity index is 1.97. The smallest absolute Gasteiger partial charge is 0.235 e. The molecular weight excluding hydrogens is 330 g/mol. The lowest BCUT2D eigenvalue weighted by Crippen LogP contribution is -2.05. The molecule has 3 aromatic rings. The minimum absolute atomic E-state index is 0.0338. The summed E-state index contributed by atoms with van der Waals surface area (Å²) in [6, 6.07) is 7.67. The Labute approximate surface area is 153 Å². The van der Waals surface area contributed by atoms with Crippen LogP contribution in [0, 0.1) is 0 Å². The summed E-state index contributed by atoms with van der Waals surface area (Å²) in [4.78, 5) is 4.04. The van der Waals surface area contributed by atoms with Crippen molar-refractivity contribution in [3.63, 3.8) is 0 Å². The van der Waals surface area contributed by atoms with Gasteiger partial charge >= 0.3 is 0 Å². The van der Waals surface area contributed by atoms with Crippen molar-refractivity contribution in [1.29, 1.82) is 0 Å². The molecule has 2 heterocycles. The highest BCUT2D eigenvalue weighted by atomic mass is 16.5. The number of aromatic nitrogens is 3. The molecule has 0 aliphatic heterocycles. The van der Waals surface area contributed by atoms with Gasteiger partial charge in [0.25, 0.3) is 0 Å². The second kappa shape index (κ2) is 7.56. The first kappa shape index (κ1) is 17.9. The lowest BCUT2D eigenvalue weighted by molar-refractivity contribution is 0.366. The topological polar surface area (TPSA) is 72.4 Å². The molecule has 0 radical (unpaired) electrons. The van der Waals surface area contributed by atoms with Crippen LogP contribution in [0.15, 0.2) is 43.0 Å². The van der Waals surface area contributed by atoms with E-state index in [9.17, 15) is 10.2 Å². The molecule has 3 rings (SSSR count). The monoisotopic (exact) mass is 355 g/mol. The lowest BCUT2D eigenvalue weighted by Gasteiger charge is -2.14. The Bertz CT molecular complexity index is 850. The summed E-state index contributed by atoms with van der Waals surface area (Å²) in [5, 5.41) is 21.0. The third-order valence-corrected chi connectivity index (χ3v) is 4.55. The molecule has 0 fully saturated rings. The number of ether oxygens (including phenoxy) is 1. The first-order valence-electron chi connectivity index (χ1n) is 8.77. The summed E-state index contributed by atoms with van der Waals surface area (Å²) in [7, 11) is 1.63. The van der Waals surface area contributed by atoms with Gasteiger partial charge in [0.2, 0.25) is 5.88 Å². The minimum Gasteiger partial charge on any atom is -0.503 e. The summed E-state index contributed by atoms with van der Waals surface area (Å²) >= 11 is 0. The molecule has 0 atom stereocenters. The highest BCUT2D eigenvalue weighted by molar-refractivity contribution is 5.72. The van der Waals surface area contributed by atoms with Gasteiger partial charge in [0.1, 0.15) is 5.75 Å². The summed E-state index contributed by atoms with van der Waals surface area (Å²) < 4.78 is 9.03. The molecular formula is C20H25N3O3. The van der Waals surface area contributed by atoms with Crippen molar-refractivity contribution >= 4 is 0 Å². The fraction of sp³-hybridized carbons (Fsp3) is 0.350. The van der Waals surface area contributed by atoms with E-state index in [0.717, 1.165) is 35.5 Å². The van der Waals surface area contributed by atoms with Crippen LogP contribution >= 0.6 is 0 Å². The SMILES string of the molecule is COc1ccc(-c2c(C(C)C)c(O)c(O)n2CCCn2ccnc2)cc1. The Morgan fingerprint density at radius 1 is 1.12 bits per heavy atom. The maximum absolute atomic E-state index is 10.5. The number of benzene rings is 1. The van der Waals surface area contributed by atoms with Crippen LogP contribution in [-0.2, 0) is 13.1 Å². The van der Waals surface area contributed by atoms with Crippen molar-refractivity contribution in [2.75, 3.05) is 7.11 Å². The van der Waals surface area contributed by atoms with Crippen molar-refractivity contribution in [1.82, 2.24) is 14.1 Å². The second-order valence-corrected chi connectivity index (χ2v) is 6.62. The number of aromatic hydroxyl groups is 2. The molecule has 0 saturated carbocycles. The molecule has 6 nitrogen and oxygen atoms in total. The standard InChI is InChI=1S/C20H25N3O3/c1-14(2)17-18(15-5-7-16(26-3)8-6-15)23(20(25)19(17)24)11-4-10-22-12-9-21-13-22/h5-9,12-14,24-25H,4,10-11H2,1-3H3. The Kier molecular flexibility index (Phi) is 5.21. The summed E-state index contributed by atoms with van der Waals surface area (Å²) in [6.45, 7) is 5.40. The van der Waals surface area contributed by atoms with E-state index in [1.807, 2.05) is 48.9 Å². The average Bonchev–Trinajstić information content (AvgIpc) is 3.24. The quantitative estimate of drug-likeness (QED) is 0.672. The zero-order valence-corrected chi connectivity index (χ0v) is 15.4. The molecule has 0 unspecified atom stereocenters. The first-order chi connectivity index (χ1) is 12.5. The van der Waals surface area contributed by atoms with Gasteiger partial charge < -0.3 is 24.1 Å². The first-order valence-corrected chi connectivity index (χ1v) is 8.77. The third kappa shape index (κ3) is 3.40. The number of imidazole rings is 1. The highest BCUT2D eigenvalue weighted by Gasteiger charge is 2.25. The van der Waals surface area contributed by atoms with E-state index in [-0.39, 0.29) is 17.5 Å². The van der Waals surface area contributed by atoms with Gasteiger partial charge in [-0.1, -0.05) is 13.8 Å². The molecule has 26 heavy (non-hydrogen) atoms. The lowest BCUT2D eigenvalue weighted by atomic mass is 9.98. The number of aryl methyl sites for hydroxylation is 1. The van der Waals surface area contributed by atoms with Crippen LogP contribution in [0.5, 0.6) is 17.4 Å². The van der Waals surface area contributed by atoms with E-state index in [0.29, 0.717) is 6.54 Å². The summed E-state index contributed by atoms with van der Waals surface area (Å²) in [6.07, 6.45) is 6.24. The van der Waals surface area contributed by atoms with Crippen LogP contribution < -0.4 is 4.74 Å². The molecule has 0 saturated heterocycles. The van der Waals surface area contributed by atoms with Gasteiger partial charge in [-0.05, 0) is 42.2 Å². The van der Waals surface area contributed by atoms with Gasteiger partial charge in [-0.15, -0.1) is 0 Å². The van der Waals surface area contributed by atoms with Crippen molar-refractivity contribution < 1.29 is 14.9 Å². The predicted molar refractivity (Wildman–Crippen MR) is 101 cm³/mol. The number of hydrogen-bond acceptors (Lipinski definition) is 4. The van der Waals surface area contributed by atoms with Crippen LogP contribution in [0.2, 0.25) is 0 Å². The van der Waals surface area contributed by atoms with E-state index < -0.39 is 0 Å². The minimum atomic E-state index is -0.0786. The summed E-state index contributed by atoms with van der Waals surface area (Å²) in [5.74, 6) is 0.734. The number of nitrogens with zero attached hydrogens (tertiary/aromatic N) is 3. The number of rotatable bonds is 7. The van der Waals surface area contributed by atoms with Crippen molar-refractivity contribution in [3.05, 3.63) is 48.5 Å². The fourth-order valence-corrected chi connectivity index (χ4v) is 3.27. The maximum atomic E-state index is 10.5. The molecule has 2 N–H and O–H groups in total. The molecule has 0 aliphatic carbocycles. The normalized spacial score (nSPS) is 11.2. The van der Waals surface area contributed by atoms with E-state index in [1.54, 1.807) is 24.2 Å². The van der Waals surface area contributed by atoms with Crippen LogP contribution in [0.4, 0.5) is 0 Å². The molecule has 1 aromatic carbocycles. The van der Waals surface area contributed by atoms with E-state index in [2.05, 4.69) is 4.98 Å². The van der Waals surface area contributed by atoms with Gasteiger partial charge in [-0.2, -0.15) is 0 Å². The molecule has 6 heteroatoms. The maximum Gasteiger partial charge on any atom is 0.235 e.